The van der Waals surface area contributed by atoms with Crippen LogP contribution in [0.5, 0.6) is 0 Å². The van der Waals surface area contributed by atoms with Gasteiger partial charge in [-0.15, -0.1) is 0 Å². The smallest absolute Gasteiger partial charge is 0.261 e. The van der Waals surface area contributed by atoms with E-state index in [0.717, 1.165) is 30.8 Å². The molecule has 0 unspecified atom stereocenters. The maximum absolute atomic E-state index is 12.4. The SMILES string of the molecule is C[C@@H]1CCC[C@@H](C)C1=NNc1ccc(C(F)(F)F)cn1. The summed E-state index contributed by atoms with van der Waals surface area (Å²) in [5.41, 5.74) is 3.08. The Labute approximate surface area is 116 Å². The Kier molecular flexibility index (Phi) is 4.30. The average molecular weight is 285 g/mol. The highest BCUT2D eigenvalue weighted by Gasteiger charge is 2.30. The highest BCUT2D eigenvalue weighted by atomic mass is 19.4. The summed E-state index contributed by atoms with van der Waals surface area (Å²) in [5.74, 6) is 1.14. The number of alkyl halides is 3. The lowest BCUT2D eigenvalue weighted by atomic mass is 9.81. The first-order chi connectivity index (χ1) is 9.38. The van der Waals surface area contributed by atoms with Crippen LogP contribution in [0.2, 0.25) is 0 Å². The van der Waals surface area contributed by atoms with E-state index in [1.54, 1.807) is 0 Å². The van der Waals surface area contributed by atoms with Gasteiger partial charge in [-0.05, 0) is 36.8 Å². The molecule has 1 fully saturated rings. The molecule has 0 aliphatic heterocycles. The third-order valence-corrected chi connectivity index (χ3v) is 3.67. The zero-order valence-corrected chi connectivity index (χ0v) is 11.5. The quantitative estimate of drug-likeness (QED) is 0.821. The van der Waals surface area contributed by atoms with Gasteiger partial charge in [-0.2, -0.15) is 18.3 Å². The normalized spacial score (nSPS) is 23.6. The number of aromatic nitrogens is 1. The molecule has 0 radical (unpaired) electrons. The molecule has 2 atom stereocenters. The molecule has 3 nitrogen and oxygen atoms in total. The van der Waals surface area contributed by atoms with Gasteiger partial charge < -0.3 is 0 Å². The molecule has 0 amide bonds. The van der Waals surface area contributed by atoms with Crippen LogP contribution in [-0.2, 0) is 6.18 Å². The zero-order chi connectivity index (χ0) is 14.8. The molecule has 20 heavy (non-hydrogen) atoms. The van der Waals surface area contributed by atoms with Crippen LogP contribution in [0.15, 0.2) is 23.4 Å². The fourth-order valence-corrected chi connectivity index (χ4v) is 2.48. The van der Waals surface area contributed by atoms with E-state index >= 15 is 0 Å². The number of rotatable bonds is 2. The Morgan fingerprint density at radius 2 is 1.85 bits per heavy atom. The number of nitrogens with zero attached hydrogens (tertiary/aromatic N) is 2. The second-order valence-electron chi connectivity index (χ2n) is 5.31. The fraction of sp³-hybridized carbons (Fsp3) is 0.571. The summed E-state index contributed by atoms with van der Waals surface area (Å²) < 4.78 is 37.2. The van der Waals surface area contributed by atoms with E-state index in [0.29, 0.717) is 17.7 Å². The van der Waals surface area contributed by atoms with Gasteiger partial charge in [0, 0.05) is 11.9 Å². The molecule has 1 aliphatic rings. The van der Waals surface area contributed by atoms with Gasteiger partial charge in [0.05, 0.1) is 5.56 Å². The first kappa shape index (κ1) is 14.8. The summed E-state index contributed by atoms with van der Waals surface area (Å²) in [7, 11) is 0. The van der Waals surface area contributed by atoms with Gasteiger partial charge in [-0.1, -0.05) is 20.3 Å². The van der Waals surface area contributed by atoms with Crippen molar-refractivity contribution in [2.24, 2.45) is 16.9 Å². The van der Waals surface area contributed by atoms with Gasteiger partial charge in [-0.25, -0.2) is 4.98 Å². The van der Waals surface area contributed by atoms with Crippen molar-refractivity contribution < 1.29 is 13.2 Å². The average Bonchev–Trinajstić information content (AvgIpc) is 2.37. The molecule has 0 saturated heterocycles. The van der Waals surface area contributed by atoms with E-state index in [-0.39, 0.29) is 0 Å². The second-order valence-corrected chi connectivity index (χ2v) is 5.31. The summed E-state index contributed by atoms with van der Waals surface area (Å²) in [5, 5.41) is 4.33. The van der Waals surface area contributed by atoms with Crippen molar-refractivity contribution in [3.05, 3.63) is 23.9 Å². The van der Waals surface area contributed by atoms with Crippen molar-refractivity contribution in [3.8, 4) is 0 Å². The molecule has 0 spiro atoms. The lowest BCUT2D eigenvalue weighted by Crippen LogP contribution is -2.25. The van der Waals surface area contributed by atoms with Gasteiger partial charge in [0.25, 0.3) is 0 Å². The van der Waals surface area contributed by atoms with E-state index in [2.05, 4.69) is 29.4 Å². The van der Waals surface area contributed by atoms with E-state index in [1.165, 1.54) is 12.5 Å². The summed E-state index contributed by atoms with van der Waals surface area (Å²) in [6.07, 6.45) is -0.142. The molecule has 110 valence electrons. The third kappa shape index (κ3) is 3.49. The lowest BCUT2D eigenvalue weighted by molar-refractivity contribution is -0.137. The first-order valence-corrected chi connectivity index (χ1v) is 6.74. The van der Waals surface area contributed by atoms with Gasteiger partial charge >= 0.3 is 6.18 Å². The molecule has 1 aromatic rings. The van der Waals surface area contributed by atoms with Crippen molar-refractivity contribution in [2.75, 3.05) is 5.43 Å². The van der Waals surface area contributed by atoms with Crippen LogP contribution in [0, 0.1) is 11.8 Å². The minimum Gasteiger partial charge on any atom is -0.261 e. The van der Waals surface area contributed by atoms with Crippen molar-refractivity contribution in [3.63, 3.8) is 0 Å². The van der Waals surface area contributed by atoms with E-state index < -0.39 is 11.7 Å². The largest absolute Gasteiger partial charge is 0.417 e. The zero-order valence-electron chi connectivity index (χ0n) is 11.5. The summed E-state index contributed by atoms with van der Waals surface area (Å²) in [6, 6.07) is 2.30. The van der Waals surface area contributed by atoms with E-state index in [1.807, 2.05) is 0 Å². The van der Waals surface area contributed by atoms with Gasteiger partial charge in [-0.3, -0.25) is 5.43 Å². The molecular formula is C14H18F3N3. The van der Waals surface area contributed by atoms with Crippen LogP contribution >= 0.6 is 0 Å². The minimum absolute atomic E-state index is 0.329. The molecule has 1 heterocycles. The molecule has 1 saturated carbocycles. The number of hydrazone groups is 1. The van der Waals surface area contributed by atoms with E-state index in [9.17, 15) is 13.2 Å². The van der Waals surface area contributed by atoms with Gasteiger partial charge in [0.2, 0.25) is 0 Å². The number of nitrogens with one attached hydrogen (secondary N) is 1. The van der Waals surface area contributed by atoms with Gasteiger partial charge in [0.15, 0.2) is 0 Å². The standard InChI is InChI=1S/C14H18F3N3/c1-9-4-3-5-10(2)13(9)20-19-12-7-6-11(8-18-12)14(15,16)17/h6-10H,3-5H2,1-2H3,(H,18,19)/t9-,10-/m1/s1. The topological polar surface area (TPSA) is 37.3 Å². The number of hydrogen-bond acceptors (Lipinski definition) is 3. The highest BCUT2D eigenvalue weighted by Crippen LogP contribution is 2.29. The Balaban J connectivity index is 2.07. The molecule has 1 aromatic heterocycles. The van der Waals surface area contributed by atoms with Crippen LogP contribution in [-0.4, -0.2) is 10.7 Å². The predicted octanol–water partition coefficient (Wildman–Crippen LogP) is 4.32. The van der Waals surface area contributed by atoms with Crippen LogP contribution < -0.4 is 5.43 Å². The Hall–Kier alpha value is -1.59. The van der Waals surface area contributed by atoms with Crippen LogP contribution in [0.3, 0.4) is 0 Å². The van der Waals surface area contributed by atoms with Crippen LogP contribution in [0.4, 0.5) is 19.0 Å². The Morgan fingerprint density at radius 1 is 1.20 bits per heavy atom. The Morgan fingerprint density at radius 3 is 2.35 bits per heavy atom. The molecule has 1 aliphatic carbocycles. The van der Waals surface area contributed by atoms with E-state index in [4.69, 9.17) is 0 Å². The number of halogens is 3. The fourth-order valence-electron chi connectivity index (χ4n) is 2.48. The lowest BCUT2D eigenvalue weighted by Gasteiger charge is -2.26. The van der Waals surface area contributed by atoms with Crippen molar-refractivity contribution in [2.45, 2.75) is 39.3 Å². The number of anilines is 1. The highest BCUT2D eigenvalue weighted by molar-refractivity contribution is 5.89. The van der Waals surface area contributed by atoms with Gasteiger partial charge in [0.1, 0.15) is 5.82 Å². The molecular weight excluding hydrogens is 267 g/mol. The van der Waals surface area contributed by atoms with Crippen LogP contribution in [0.1, 0.15) is 38.7 Å². The Bertz CT molecular complexity index is 467. The summed E-state index contributed by atoms with van der Waals surface area (Å²) >= 11 is 0. The molecule has 0 aromatic carbocycles. The second kappa shape index (κ2) is 5.81. The molecule has 1 N–H and O–H groups in total. The van der Waals surface area contributed by atoms with Crippen molar-refractivity contribution in [1.29, 1.82) is 0 Å². The first-order valence-electron chi connectivity index (χ1n) is 6.74. The molecule has 0 bridgehead atoms. The molecule has 6 heteroatoms. The van der Waals surface area contributed by atoms with Crippen molar-refractivity contribution >= 4 is 11.5 Å². The maximum atomic E-state index is 12.4. The van der Waals surface area contributed by atoms with Crippen molar-refractivity contribution in [1.82, 2.24) is 4.98 Å². The number of pyridine rings is 1. The predicted molar refractivity (Wildman–Crippen MR) is 72.5 cm³/mol. The number of hydrogen-bond donors (Lipinski definition) is 1. The minimum atomic E-state index is -4.36. The summed E-state index contributed by atoms with van der Waals surface area (Å²) in [6.45, 7) is 4.24. The summed E-state index contributed by atoms with van der Waals surface area (Å²) in [4.78, 5) is 3.74. The third-order valence-electron chi connectivity index (χ3n) is 3.67. The van der Waals surface area contributed by atoms with Crippen LogP contribution in [0.25, 0.3) is 0 Å². The monoisotopic (exact) mass is 285 g/mol. The maximum Gasteiger partial charge on any atom is 0.417 e. The molecule has 2 rings (SSSR count).